The Labute approximate surface area is 163 Å². The molecule has 0 bridgehead atoms. The Kier molecular flexibility index (Phi) is 6.41. The summed E-state index contributed by atoms with van der Waals surface area (Å²) in [5.41, 5.74) is 0.378. The zero-order valence-corrected chi connectivity index (χ0v) is 16.3. The van der Waals surface area contributed by atoms with Crippen LogP contribution in [-0.2, 0) is 30.8 Å². The van der Waals surface area contributed by atoms with Gasteiger partial charge >= 0.3 is 5.69 Å². The van der Waals surface area contributed by atoms with Crippen LogP contribution in [0.2, 0.25) is 0 Å². The third-order valence-corrected chi connectivity index (χ3v) is 4.43. The van der Waals surface area contributed by atoms with Gasteiger partial charge in [-0.2, -0.15) is 4.68 Å². The van der Waals surface area contributed by atoms with Crippen molar-refractivity contribution in [1.82, 2.24) is 29.2 Å². The maximum Gasteiger partial charge on any atom is 0.351 e. The van der Waals surface area contributed by atoms with E-state index in [4.69, 9.17) is 0 Å². The summed E-state index contributed by atoms with van der Waals surface area (Å²) in [6.07, 6.45) is 6.08. The second kappa shape index (κ2) is 9.16. The summed E-state index contributed by atoms with van der Waals surface area (Å²) in [5.74, 6) is 1.17. The summed E-state index contributed by atoms with van der Waals surface area (Å²) in [5, 5.41) is 7.30. The molecule has 1 aromatic carbocycles. The molecular weight excluding hydrogens is 356 g/mol. The minimum absolute atomic E-state index is 0.0600. The molecule has 0 aliphatic heterocycles. The van der Waals surface area contributed by atoms with Crippen molar-refractivity contribution in [3.63, 3.8) is 0 Å². The van der Waals surface area contributed by atoms with Gasteiger partial charge in [0.05, 0.1) is 12.2 Å². The van der Waals surface area contributed by atoms with Crippen LogP contribution in [0.25, 0.3) is 5.69 Å². The molecule has 148 valence electrons. The molecule has 3 aromatic rings. The smallest absolute Gasteiger partial charge is 0.347 e. The summed E-state index contributed by atoms with van der Waals surface area (Å²) in [7, 11) is 0. The highest BCUT2D eigenvalue weighted by atomic mass is 16.2. The van der Waals surface area contributed by atoms with E-state index in [2.05, 4.69) is 22.3 Å². The van der Waals surface area contributed by atoms with E-state index in [0.717, 1.165) is 25.2 Å². The number of carbonyl (C=O) groups is 1. The highest BCUT2D eigenvalue weighted by Gasteiger charge is 2.17. The molecule has 3 rings (SSSR count). The molecule has 0 atom stereocenters. The Hall–Kier alpha value is -3.16. The van der Waals surface area contributed by atoms with E-state index in [9.17, 15) is 9.59 Å². The molecule has 1 amide bonds. The molecule has 0 saturated heterocycles. The standard InChI is InChI=1S/C20H26N6O2/c1-3-8-17-23-26(16-9-6-5-7-10-16)20(28)25(17)15-19(27)22-14-18-21-11-13-24(18)12-4-2/h5-7,9-11,13H,3-4,8,12,14-15H2,1-2H3,(H,22,27). The van der Waals surface area contributed by atoms with Crippen LogP contribution in [0.5, 0.6) is 0 Å². The topological polar surface area (TPSA) is 86.7 Å². The number of hydrogen-bond acceptors (Lipinski definition) is 4. The summed E-state index contributed by atoms with van der Waals surface area (Å²) < 4.78 is 4.82. The predicted molar refractivity (Wildman–Crippen MR) is 106 cm³/mol. The quantitative estimate of drug-likeness (QED) is 0.612. The van der Waals surface area contributed by atoms with Crippen LogP contribution >= 0.6 is 0 Å². The first-order chi connectivity index (χ1) is 13.6. The van der Waals surface area contributed by atoms with Gasteiger partial charge in [-0.05, 0) is 25.0 Å². The van der Waals surface area contributed by atoms with Crippen LogP contribution in [0.1, 0.15) is 38.3 Å². The van der Waals surface area contributed by atoms with Gasteiger partial charge in [-0.25, -0.2) is 9.78 Å². The van der Waals surface area contributed by atoms with E-state index in [1.807, 2.05) is 48.0 Å². The maximum atomic E-state index is 12.8. The van der Waals surface area contributed by atoms with E-state index in [1.165, 1.54) is 9.25 Å². The molecule has 1 N–H and O–H groups in total. The first kappa shape index (κ1) is 19.6. The second-order valence-corrected chi connectivity index (χ2v) is 6.60. The number of para-hydroxylation sites is 1. The van der Waals surface area contributed by atoms with Gasteiger partial charge in [-0.15, -0.1) is 5.10 Å². The molecule has 0 saturated carbocycles. The van der Waals surface area contributed by atoms with E-state index in [-0.39, 0.29) is 18.1 Å². The van der Waals surface area contributed by atoms with Crippen molar-refractivity contribution in [3.05, 3.63) is 64.9 Å². The molecule has 0 aliphatic carbocycles. The van der Waals surface area contributed by atoms with Crippen molar-refractivity contribution in [2.75, 3.05) is 0 Å². The van der Waals surface area contributed by atoms with Crippen molar-refractivity contribution in [2.24, 2.45) is 0 Å². The van der Waals surface area contributed by atoms with Crippen LogP contribution in [0, 0.1) is 0 Å². The van der Waals surface area contributed by atoms with Crippen molar-refractivity contribution >= 4 is 5.91 Å². The van der Waals surface area contributed by atoms with Crippen LogP contribution in [0.3, 0.4) is 0 Å². The number of benzene rings is 1. The summed E-state index contributed by atoms with van der Waals surface area (Å²) in [4.78, 5) is 29.6. The normalized spacial score (nSPS) is 10.9. The molecule has 0 spiro atoms. The van der Waals surface area contributed by atoms with Crippen molar-refractivity contribution < 1.29 is 4.79 Å². The molecule has 28 heavy (non-hydrogen) atoms. The molecule has 0 fully saturated rings. The number of carbonyl (C=O) groups excluding carboxylic acids is 1. The van der Waals surface area contributed by atoms with Gasteiger partial charge in [0.15, 0.2) is 0 Å². The maximum absolute atomic E-state index is 12.8. The monoisotopic (exact) mass is 382 g/mol. The van der Waals surface area contributed by atoms with E-state index in [1.54, 1.807) is 6.20 Å². The Morgan fingerprint density at radius 2 is 1.89 bits per heavy atom. The average molecular weight is 382 g/mol. The zero-order chi connectivity index (χ0) is 19.9. The fraction of sp³-hybridized carbons (Fsp3) is 0.400. The van der Waals surface area contributed by atoms with Gasteiger partial charge in [0, 0.05) is 25.4 Å². The third-order valence-electron chi connectivity index (χ3n) is 4.43. The van der Waals surface area contributed by atoms with Gasteiger partial charge in [0.2, 0.25) is 5.91 Å². The molecular formula is C20H26N6O2. The number of imidazole rings is 1. The van der Waals surface area contributed by atoms with Crippen LogP contribution in [0.15, 0.2) is 47.5 Å². The summed E-state index contributed by atoms with van der Waals surface area (Å²) >= 11 is 0. The lowest BCUT2D eigenvalue weighted by Gasteiger charge is -2.09. The first-order valence-electron chi connectivity index (χ1n) is 9.64. The average Bonchev–Trinajstić information content (AvgIpc) is 3.27. The molecule has 0 radical (unpaired) electrons. The predicted octanol–water partition coefficient (Wildman–Crippen LogP) is 1.91. The Bertz CT molecular complexity index is 970. The SMILES string of the molecule is CCCc1nn(-c2ccccc2)c(=O)n1CC(=O)NCc1nccn1CCC. The van der Waals surface area contributed by atoms with Crippen LogP contribution < -0.4 is 11.0 Å². The molecule has 8 nitrogen and oxygen atoms in total. The van der Waals surface area contributed by atoms with Gasteiger partial charge in [0.25, 0.3) is 0 Å². The molecule has 0 aliphatic rings. The Morgan fingerprint density at radius 3 is 2.61 bits per heavy atom. The number of nitrogens with zero attached hydrogens (tertiary/aromatic N) is 5. The molecule has 0 unspecified atom stereocenters. The fourth-order valence-corrected chi connectivity index (χ4v) is 3.07. The fourth-order valence-electron chi connectivity index (χ4n) is 3.07. The first-order valence-corrected chi connectivity index (χ1v) is 9.64. The largest absolute Gasteiger partial charge is 0.351 e. The van der Waals surface area contributed by atoms with Crippen LogP contribution in [0.4, 0.5) is 0 Å². The van der Waals surface area contributed by atoms with Crippen molar-refractivity contribution in [2.45, 2.75) is 52.7 Å². The lowest BCUT2D eigenvalue weighted by Crippen LogP contribution is -2.34. The lowest BCUT2D eigenvalue weighted by atomic mass is 10.3. The number of hydrogen-bond donors (Lipinski definition) is 1. The molecule has 8 heteroatoms. The highest BCUT2D eigenvalue weighted by molar-refractivity contribution is 5.75. The van der Waals surface area contributed by atoms with E-state index in [0.29, 0.717) is 24.5 Å². The minimum Gasteiger partial charge on any atom is -0.347 e. The van der Waals surface area contributed by atoms with Gasteiger partial charge in [0.1, 0.15) is 18.2 Å². The molecule has 2 aromatic heterocycles. The van der Waals surface area contributed by atoms with E-state index < -0.39 is 0 Å². The highest BCUT2D eigenvalue weighted by Crippen LogP contribution is 2.06. The number of aromatic nitrogens is 5. The zero-order valence-electron chi connectivity index (χ0n) is 16.3. The van der Waals surface area contributed by atoms with Crippen molar-refractivity contribution in [3.8, 4) is 5.69 Å². The van der Waals surface area contributed by atoms with Gasteiger partial charge in [-0.1, -0.05) is 32.0 Å². The number of nitrogens with one attached hydrogen (secondary N) is 1. The lowest BCUT2D eigenvalue weighted by molar-refractivity contribution is -0.122. The number of amides is 1. The molecule has 2 heterocycles. The minimum atomic E-state index is -0.308. The number of aryl methyl sites for hydroxylation is 2. The van der Waals surface area contributed by atoms with Gasteiger partial charge < -0.3 is 9.88 Å². The summed E-state index contributed by atoms with van der Waals surface area (Å²) in [6.45, 7) is 5.24. The summed E-state index contributed by atoms with van der Waals surface area (Å²) in [6, 6.07) is 9.23. The third kappa shape index (κ3) is 4.39. The van der Waals surface area contributed by atoms with Crippen LogP contribution in [-0.4, -0.2) is 29.8 Å². The number of rotatable bonds is 9. The second-order valence-electron chi connectivity index (χ2n) is 6.60. The Balaban J connectivity index is 1.75. The Morgan fingerprint density at radius 1 is 1.11 bits per heavy atom. The van der Waals surface area contributed by atoms with E-state index >= 15 is 0 Å². The van der Waals surface area contributed by atoms with Gasteiger partial charge in [-0.3, -0.25) is 9.36 Å². The van der Waals surface area contributed by atoms with Crippen molar-refractivity contribution in [1.29, 1.82) is 0 Å².